The molecule has 4 aromatic heterocycles. The fraction of sp³-hybridized carbons (Fsp3) is 0.0145. The number of hydrogen-bond donors (Lipinski definition) is 0. The fourth-order valence-corrected chi connectivity index (χ4v) is 11.0. The molecular formula is C69H39F3N10. The van der Waals surface area contributed by atoms with Gasteiger partial charge in [-0.15, -0.1) is 0 Å². The van der Waals surface area contributed by atoms with Crippen molar-refractivity contribution in [2.45, 2.75) is 6.18 Å². The van der Waals surface area contributed by atoms with Crippen molar-refractivity contribution in [2.24, 2.45) is 0 Å². The molecule has 0 spiro atoms. The lowest BCUT2D eigenvalue weighted by molar-refractivity contribution is -0.137. The molecule has 0 aliphatic heterocycles. The van der Waals surface area contributed by atoms with Gasteiger partial charge in [-0.25, -0.2) is 29.9 Å². The molecule has 0 radical (unpaired) electrons. The lowest BCUT2D eigenvalue weighted by Crippen LogP contribution is -2.08. The van der Waals surface area contributed by atoms with E-state index in [9.17, 15) is 23.7 Å². The van der Waals surface area contributed by atoms with E-state index in [4.69, 9.17) is 29.9 Å². The lowest BCUT2D eigenvalue weighted by atomic mass is 9.95. The topological polar surface area (TPSA) is 135 Å². The molecule has 14 aromatic rings. The van der Waals surface area contributed by atoms with Crippen molar-refractivity contribution < 1.29 is 13.2 Å². The molecule has 4 heterocycles. The number of alkyl halides is 3. The van der Waals surface area contributed by atoms with Crippen LogP contribution in [0.1, 0.15) is 16.7 Å². The summed E-state index contributed by atoms with van der Waals surface area (Å²) >= 11 is 0. The highest BCUT2D eigenvalue weighted by Gasteiger charge is 2.33. The molecule has 10 aromatic carbocycles. The number of benzene rings is 10. The molecule has 13 heteroatoms. The van der Waals surface area contributed by atoms with Gasteiger partial charge in [-0.2, -0.15) is 23.7 Å². The molecule has 0 fully saturated rings. The first kappa shape index (κ1) is 48.9. The van der Waals surface area contributed by atoms with E-state index in [-0.39, 0.29) is 16.7 Å². The molecule has 10 nitrogen and oxygen atoms in total. The van der Waals surface area contributed by atoms with E-state index >= 15 is 0 Å². The van der Waals surface area contributed by atoms with Crippen molar-refractivity contribution in [1.29, 1.82) is 10.5 Å². The van der Waals surface area contributed by atoms with Crippen LogP contribution in [0, 0.1) is 22.7 Å². The summed E-state index contributed by atoms with van der Waals surface area (Å²) in [4.78, 5) is 29.9. The second-order valence-corrected chi connectivity index (χ2v) is 19.6. The van der Waals surface area contributed by atoms with E-state index < -0.39 is 11.7 Å². The zero-order valence-electron chi connectivity index (χ0n) is 43.1. The molecular weight excluding hydrogens is 1030 g/mol. The molecule has 0 unspecified atom stereocenters. The van der Waals surface area contributed by atoms with Gasteiger partial charge in [0, 0.05) is 60.5 Å². The van der Waals surface area contributed by atoms with E-state index in [1.807, 2.05) is 221 Å². The van der Waals surface area contributed by atoms with Gasteiger partial charge in [-0.3, -0.25) is 0 Å². The van der Waals surface area contributed by atoms with Crippen LogP contribution in [0.15, 0.2) is 237 Å². The molecule has 0 amide bonds. The van der Waals surface area contributed by atoms with Gasteiger partial charge < -0.3 is 9.13 Å². The Morgan fingerprint density at radius 2 is 0.720 bits per heavy atom. The van der Waals surface area contributed by atoms with Gasteiger partial charge in [0.15, 0.2) is 34.9 Å². The van der Waals surface area contributed by atoms with Crippen LogP contribution in [0.2, 0.25) is 0 Å². The third-order valence-corrected chi connectivity index (χ3v) is 14.7. The Morgan fingerprint density at radius 3 is 1.15 bits per heavy atom. The smallest absolute Gasteiger partial charge is 0.308 e. The Hall–Kier alpha value is -11.4. The number of aromatic nitrogens is 8. The minimum absolute atomic E-state index is 0.105. The first-order valence-corrected chi connectivity index (χ1v) is 26.2. The maximum absolute atomic E-state index is 14.8. The second-order valence-electron chi connectivity index (χ2n) is 19.6. The van der Waals surface area contributed by atoms with E-state index in [1.165, 1.54) is 6.07 Å². The molecule has 82 heavy (non-hydrogen) atoms. The van der Waals surface area contributed by atoms with E-state index in [0.717, 1.165) is 72.5 Å². The molecule has 0 saturated heterocycles. The van der Waals surface area contributed by atoms with Crippen LogP contribution < -0.4 is 0 Å². The van der Waals surface area contributed by atoms with Gasteiger partial charge in [0.05, 0.1) is 50.6 Å². The summed E-state index contributed by atoms with van der Waals surface area (Å²) in [7, 11) is 0. The van der Waals surface area contributed by atoms with Crippen molar-refractivity contribution in [1.82, 2.24) is 39.0 Å². The maximum Gasteiger partial charge on any atom is 0.416 e. The SMILES string of the molecule is N#Cc1cc(-c2ccc(-n3c4ccccc4c4cc(-c5nc(-c6ccccc6)nc(-c6ccccc6)n5)ccc43)c(C#N)c2-n2c3ccccc3c3cc(-c4nc(-c5ccccc5)nc(-c5ccccc5)n4)ccc32)cc(C(F)(F)F)c1. The molecule has 0 aliphatic carbocycles. The molecule has 386 valence electrons. The minimum atomic E-state index is -4.78. The number of rotatable bonds is 9. The molecule has 0 atom stereocenters. The first-order chi connectivity index (χ1) is 40.2. The van der Waals surface area contributed by atoms with Crippen molar-refractivity contribution in [3.8, 4) is 103 Å². The van der Waals surface area contributed by atoms with E-state index in [1.54, 1.807) is 12.1 Å². The standard InChI is InChI=1S/C69H39F3N10/c70-69(71,72)50-36-42(40-73)35-49(37-50)51-31-34-61(81-57-27-15-13-25-52(57)54-38-47(29-32-59(54)81)67-77-63(43-17-5-1-6-18-43)75-64(78-67)44-19-7-2-8-20-44)56(41-74)62(51)82-58-28-16-14-26-53(58)55-39-48(30-33-60(55)82)68-79-65(45-21-9-3-10-22-45)76-66(80-68)46-23-11-4-12-24-46/h1-39H. The zero-order valence-corrected chi connectivity index (χ0v) is 43.1. The van der Waals surface area contributed by atoms with Crippen LogP contribution in [0.4, 0.5) is 13.2 Å². The number of halogens is 3. The van der Waals surface area contributed by atoms with Gasteiger partial charge in [-0.05, 0) is 78.4 Å². The summed E-state index contributed by atoms with van der Waals surface area (Å²) in [6.07, 6.45) is -4.78. The second kappa shape index (κ2) is 19.8. The monoisotopic (exact) mass is 1060 g/mol. The van der Waals surface area contributed by atoms with Crippen LogP contribution in [0.3, 0.4) is 0 Å². The van der Waals surface area contributed by atoms with Crippen LogP contribution in [0.25, 0.3) is 134 Å². The summed E-state index contributed by atoms with van der Waals surface area (Å²) in [5.41, 5.74) is 7.75. The average Bonchev–Trinajstić information content (AvgIpc) is 2.63. The zero-order chi connectivity index (χ0) is 55.5. The summed E-state index contributed by atoms with van der Waals surface area (Å²) < 4.78 is 48.5. The highest BCUT2D eigenvalue weighted by atomic mass is 19.4. The summed E-state index contributed by atoms with van der Waals surface area (Å²) in [6, 6.07) is 77.7. The van der Waals surface area contributed by atoms with Gasteiger partial charge >= 0.3 is 6.18 Å². The van der Waals surface area contributed by atoms with Crippen molar-refractivity contribution in [2.75, 3.05) is 0 Å². The number of nitrogens with zero attached hydrogens (tertiary/aromatic N) is 10. The van der Waals surface area contributed by atoms with E-state index in [2.05, 4.69) is 6.07 Å². The number of para-hydroxylation sites is 2. The lowest BCUT2D eigenvalue weighted by Gasteiger charge is -2.20. The maximum atomic E-state index is 14.8. The highest BCUT2D eigenvalue weighted by molar-refractivity contribution is 6.13. The van der Waals surface area contributed by atoms with Crippen molar-refractivity contribution >= 4 is 43.6 Å². The highest BCUT2D eigenvalue weighted by Crippen LogP contribution is 2.45. The van der Waals surface area contributed by atoms with Gasteiger partial charge in [0.25, 0.3) is 0 Å². The average molecular weight is 1070 g/mol. The number of fused-ring (bicyclic) bond motifs is 6. The van der Waals surface area contributed by atoms with Crippen LogP contribution in [-0.4, -0.2) is 39.0 Å². The summed E-state index contributed by atoms with van der Waals surface area (Å²) in [5, 5.41) is 25.4. The predicted octanol–water partition coefficient (Wildman–Crippen LogP) is 16.7. The summed E-state index contributed by atoms with van der Waals surface area (Å²) in [6.45, 7) is 0. The van der Waals surface area contributed by atoms with Crippen LogP contribution in [-0.2, 0) is 6.18 Å². The van der Waals surface area contributed by atoms with Gasteiger partial charge in [0.1, 0.15) is 11.6 Å². The van der Waals surface area contributed by atoms with Crippen LogP contribution in [0.5, 0.6) is 0 Å². The van der Waals surface area contributed by atoms with Crippen LogP contribution >= 0.6 is 0 Å². The first-order valence-electron chi connectivity index (χ1n) is 26.2. The Kier molecular flexibility index (Phi) is 11.8. The molecule has 0 N–H and O–H groups in total. The summed E-state index contributed by atoms with van der Waals surface area (Å²) in [5.74, 6) is 2.91. The van der Waals surface area contributed by atoms with Crippen molar-refractivity contribution in [3.05, 3.63) is 253 Å². The normalized spacial score (nSPS) is 11.6. The fourth-order valence-electron chi connectivity index (χ4n) is 11.0. The quantitative estimate of drug-likeness (QED) is 0.139. The van der Waals surface area contributed by atoms with E-state index in [0.29, 0.717) is 68.5 Å². The molecule has 0 saturated carbocycles. The Labute approximate surface area is 466 Å². The minimum Gasteiger partial charge on any atom is -0.308 e. The third kappa shape index (κ3) is 8.54. The Balaban J connectivity index is 1.01. The van der Waals surface area contributed by atoms with Gasteiger partial charge in [0.2, 0.25) is 0 Å². The Morgan fingerprint density at radius 1 is 0.329 bits per heavy atom. The number of hydrogen-bond acceptors (Lipinski definition) is 8. The molecule has 0 aliphatic rings. The molecule has 0 bridgehead atoms. The third-order valence-electron chi connectivity index (χ3n) is 14.7. The number of nitriles is 2. The van der Waals surface area contributed by atoms with Gasteiger partial charge in [-0.1, -0.05) is 164 Å². The largest absolute Gasteiger partial charge is 0.416 e. The molecule has 14 rings (SSSR count). The Bertz CT molecular complexity index is 4810. The predicted molar refractivity (Wildman–Crippen MR) is 314 cm³/mol. The van der Waals surface area contributed by atoms with Crippen molar-refractivity contribution in [3.63, 3.8) is 0 Å².